The minimum Gasteiger partial charge on any atom is -0.372 e. The number of hydrogen-bond acceptors (Lipinski definition) is 2. The van der Waals surface area contributed by atoms with Gasteiger partial charge in [0, 0.05) is 17.6 Å². The Balaban J connectivity index is 2.12. The summed E-state index contributed by atoms with van der Waals surface area (Å²) < 4.78 is 6.87. The van der Waals surface area contributed by atoms with Crippen molar-refractivity contribution >= 4 is 15.9 Å². The largest absolute Gasteiger partial charge is 0.372 e. The van der Waals surface area contributed by atoms with Crippen molar-refractivity contribution in [2.75, 3.05) is 19.7 Å². The highest BCUT2D eigenvalue weighted by Crippen LogP contribution is 2.21. The van der Waals surface area contributed by atoms with Gasteiger partial charge in [-0.05, 0) is 30.7 Å². The quantitative estimate of drug-likeness (QED) is 0.833. The van der Waals surface area contributed by atoms with Crippen LogP contribution in [0.5, 0.6) is 0 Å². The Morgan fingerprint density at radius 3 is 3.21 bits per heavy atom. The summed E-state index contributed by atoms with van der Waals surface area (Å²) in [6.07, 6.45) is 1.31. The number of ether oxygens (including phenoxy) is 1. The smallest absolute Gasteiger partial charge is 0.0949 e. The van der Waals surface area contributed by atoms with E-state index < -0.39 is 0 Å². The van der Waals surface area contributed by atoms with Crippen molar-refractivity contribution in [2.24, 2.45) is 0 Å². The number of hydrogen-bond donors (Lipinski definition) is 1. The molecule has 0 aliphatic carbocycles. The highest BCUT2D eigenvalue weighted by atomic mass is 79.9. The van der Waals surface area contributed by atoms with E-state index in [4.69, 9.17) is 4.74 Å². The van der Waals surface area contributed by atoms with Gasteiger partial charge in [0.2, 0.25) is 0 Å². The average molecular weight is 256 g/mol. The molecule has 0 radical (unpaired) electrons. The molecule has 1 aromatic rings. The molecule has 1 N–H and O–H groups in total. The van der Waals surface area contributed by atoms with Crippen molar-refractivity contribution in [1.82, 2.24) is 5.32 Å². The lowest BCUT2D eigenvalue weighted by atomic mass is 10.1. The van der Waals surface area contributed by atoms with Crippen LogP contribution in [0.4, 0.5) is 0 Å². The maximum Gasteiger partial charge on any atom is 0.0949 e. The highest BCUT2D eigenvalue weighted by Gasteiger charge is 2.14. The standard InChI is InChI=1S/C11H14BrNO/c12-10-4-1-3-9(7-10)11-8-13-5-2-6-14-11/h1,3-4,7,11,13H,2,5-6,8H2. The Morgan fingerprint density at radius 2 is 2.36 bits per heavy atom. The van der Waals surface area contributed by atoms with E-state index in [0.29, 0.717) is 0 Å². The monoisotopic (exact) mass is 255 g/mol. The number of benzene rings is 1. The molecule has 1 atom stereocenters. The van der Waals surface area contributed by atoms with E-state index >= 15 is 0 Å². The van der Waals surface area contributed by atoms with Gasteiger partial charge >= 0.3 is 0 Å². The van der Waals surface area contributed by atoms with Gasteiger partial charge in [-0.15, -0.1) is 0 Å². The third-order valence-electron chi connectivity index (χ3n) is 2.37. The Labute approximate surface area is 92.8 Å². The summed E-state index contributed by atoms with van der Waals surface area (Å²) in [6.45, 7) is 2.82. The maximum atomic E-state index is 5.76. The van der Waals surface area contributed by atoms with Gasteiger partial charge in [-0.2, -0.15) is 0 Å². The SMILES string of the molecule is Brc1cccc(C2CNCCCO2)c1. The van der Waals surface area contributed by atoms with Crippen LogP contribution >= 0.6 is 15.9 Å². The normalized spacial score (nSPS) is 23.1. The summed E-state index contributed by atoms with van der Waals surface area (Å²) in [5.74, 6) is 0. The van der Waals surface area contributed by atoms with E-state index in [1.807, 2.05) is 12.1 Å². The van der Waals surface area contributed by atoms with Gasteiger partial charge in [-0.25, -0.2) is 0 Å². The summed E-state index contributed by atoms with van der Waals surface area (Å²) in [4.78, 5) is 0. The molecular weight excluding hydrogens is 242 g/mol. The van der Waals surface area contributed by atoms with Crippen LogP contribution in [0.25, 0.3) is 0 Å². The molecule has 1 fully saturated rings. The van der Waals surface area contributed by atoms with E-state index in [-0.39, 0.29) is 6.10 Å². The molecule has 1 saturated heterocycles. The second kappa shape index (κ2) is 4.91. The average Bonchev–Trinajstić information content (AvgIpc) is 2.45. The van der Waals surface area contributed by atoms with Crippen LogP contribution in [0.1, 0.15) is 18.1 Å². The van der Waals surface area contributed by atoms with Crippen molar-refractivity contribution in [3.8, 4) is 0 Å². The maximum absolute atomic E-state index is 5.76. The summed E-state index contributed by atoms with van der Waals surface area (Å²) in [6, 6.07) is 8.32. The van der Waals surface area contributed by atoms with Gasteiger partial charge in [0.05, 0.1) is 6.10 Å². The van der Waals surface area contributed by atoms with Crippen LogP contribution in [0, 0.1) is 0 Å². The van der Waals surface area contributed by atoms with Crippen LogP contribution in [-0.4, -0.2) is 19.7 Å². The first-order chi connectivity index (χ1) is 6.86. The van der Waals surface area contributed by atoms with E-state index in [1.165, 1.54) is 5.56 Å². The fourth-order valence-corrected chi connectivity index (χ4v) is 2.05. The number of nitrogens with one attached hydrogen (secondary N) is 1. The van der Waals surface area contributed by atoms with Gasteiger partial charge in [-0.1, -0.05) is 28.1 Å². The Bertz CT molecular complexity index is 295. The molecule has 1 aliphatic heterocycles. The van der Waals surface area contributed by atoms with Crippen molar-refractivity contribution < 1.29 is 4.74 Å². The van der Waals surface area contributed by atoms with Crippen LogP contribution in [-0.2, 0) is 4.74 Å². The first-order valence-electron chi connectivity index (χ1n) is 4.94. The number of halogens is 1. The first kappa shape index (κ1) is 10.1. The minimum atomic E-state index is 0.204. The van der Waals surface area contributed by atoms with E-state index in [2.05, 4.69) is 33.4 Å². The van der Waals surface area contributed by atoms with Crippen molar-refractivity contribution in [2.45, 2.75) is 12.5 Å². The molecular formula is C11H14BrNO. The molecule has 0 spiro atoms. The van der Waals surface area contributed by atoms with Crippen LogP contribution in [0.15, 0.2) is 28.7 Å². The minimum absolute atomic E-state index is 0.204. The van der Waals surface area contributed by atoms with Crippen molar-refractivity contribution in [1.29, 1.82) is 0 Å². The fourth-order valence-electron chi connectivity index (χ4n) is 1.64. The zero-order valence-electron chi connectivity index (χ0n) is 8.00. The topological polar surface area (TPSA) is 21.3 Å². The van der Waals surface area contributed by atoms with Crippen molar-refractivity contribution in [3.05, 3.63) is 34.3 Å². The van der Waals surface area contributed by atoms with Crippen LogP contribution in [0.3, 0.4) is 0 Å². The molecule has 3 heteroatoms. The van der Waals surface area contributed by atoms with Gasteiger partial charge < -0.3 is 10.1 Å². The molecule has 2 rings (SSSR count). The summed E-state index contributed by atoms with van der Waals surface area (Å²) >= 11 is 3.47. The molecule has 2 nitrogen and oxygen atoms in total. The van der Waals surface area contributed by atoms with Crippen molar-refractivity contribution in [3.63, 3.8) is 0 Å². The second-order valence-corrected chi connectivity index (χ2v) is 4.39. The third kappa shape index (κ3) is 2.56. The fraction of sp³-hybridized carbons (Fsp3) is 0.455. The van der Waals surface area contributed by atoms with Gasteiger partial charge in [-0.3, -0.25) is 0 Å². The molecule has 76 valence electrons. The predicted molar refractivity (Wildman–Crippen MR) is 60.3 cm³/mol. The molecule has 0 saturated carbocycles. The molecule has 1 heterocycles. The van der Waals surface area contributed by atoms with E-state index in [1.54, 1.807) is 0 Å². The zero-order chi connectivity index (χ0) is 9.80. The third-order valence-corrected chi connectivity index (χ3v) is 2.86. The second-order valence-electron chi connectivity index (χ2n) is 3.47. The predicted octanol–water partition coefficient (Wildman–Crippen LogP) is 2.50. The summed E-state index contributed by atoms with van der Waals surface area (Å²) in [5.41, 5.74) is 1.24. The lowest BCUT2D eigenvalue weighted by molar-refractivity contribution is 0.0668. The Kier molecular flexibility index (Phi) is 3.56. The van der Waals surface area contributed by atoms with Crippen LogP contribution < -0.4 is 5.32 Å². The lowest BCUT2D eigenvalue weighted by Gasteiger charge is -2.15. The molecule has 0 bridgehead atoms. The van der Waals surface area contributed by atoms with Gasteiger partial charge in [0.1, 0.15) is 0 Å². The summed E-state index contributed by atoms with van der Waals surface area (Å²) in [7, 11) is 0. The van der Waals surface area contributed by atoms with Gasteiger partial charge in [0.15, 0.2) is 0 Å². The molecule has 0 amide bonds. The van der Waals surface area contributed by atoms with E-state index in [0.717, 1.165) is 30.6 Å². The van der Waals surface area contributed by atoms with Gasteiger partial charge in [0.25, 0.3) is 0 Å². The van der Waals surface area contributed by atoms with Crippen LogP contribution in [0.2, 0.25) is 0 Å². The highest BCUT2D eigenvalue weighted by molar-refractivity contribution is 9.10. The molecule has 14 heavy (non-hydrogen) atoms. The first-order valence-corrected chi connectivity index (χ1v) is 5.73. The zero-order valence-corrected chi connectivity index (χ0v) is 9.59. The summed E-state index contributed by atoms with van der Waals surface area (Å²) in [5, 5.41) is 3.37. The van der Waals surface area contributed by atoms with E-state index in [9.17, 15) is 0 Å². The number of rotatable bonds is 1. The Hall–Kier alpha value is -0.380. The lowest BCUT2D eigenvalue weighted by Crippen LogP contribution is -2.20. The molecule has 0 aromatic heterocycles. The Morgan fingerprint density at radius 1 is 1.43 bits per heavy atom. The molecule has 1 aromatic carbocycles. The molecule has 1 aliphatic rings. The molecule has 1 unspecified atom stereocenters.